The van der Waals surface area contributed by atoms with E-state index in [1.807, 2.05) is 26.8 Å². The van der Waals surface area contributed by atoms with Crippen molar-refractivity contribution in [2.45, 2.75) is 45.9 Å². The van der Waals surface area contributed by atoms with E-state index < -0.39 is 15.9 Å². The van der Waals surface area contributed by atoms with E-state index in [4.69, 9.17) is 9.78 Å². The third-order valence-corrected chi connectivity index (χ3v) is 7.55. The first kappa shape index (κ1) is 22.5. The third-order valence-electron chi connectivity index (χ3n) is 5.13. The molecule has 1 aromatic carbocycles. The summed E-state index contributed by atoms with van der Waals surface area (Å²) in [5.41, 5.74) is 5.15. The lowest BCUT2D eigenvalue weighted by Gasteiger charge is -2.17. The van der Waals surface area contributed by atoms with Gasteiger partial charge in [-0.05, 0) is 68.3 Å². The zero-order valence-electron chi connectivity index (χ0n) is 17.8. The number of nitrogens with zero attached hydrogens (tertiary/aromatic N) is 2. The monoisotopic (exact) mass is 458 g/mol. The fourth-order valence-corrected chi connectivity index (χ4v) is 5.67. The fourth-order valence-electron chi connectivity index (χ4n) is 3.30. The average Bonchev–Trinajstić information content (AvgIpc) is 3.31. The van der Waals surface area contributed by atoms with Crippen LogP contribution >= 0.6 is 11.3 Å². The van der Waals surface area contributed by atoms with Crippen molar-refractivity contribution in [3.05, 3.63) is 55.9 Å². The molecule has 0 atom stereocenters. The number of nitrogens with one attached hydrogen (secondary N) is 2. The Morgan fingerprint density at radius 1 is 1.19 bits per heavy atom. The maximum atomic E-state index is 13.0. The van der Waals surface area contributed by atoms with E-state index in [0.717, 1.165) is 33.6 Å². The highest BCUT2D eigenvalue weighted by Crippen LogP contribution is 2.30. The van der Waals surface area contributed by atoms with Crippen LogP contribution in [0.5, 0.6) is 0 Å². The number of aryl methyl sites for hydroxylation is 3. The molecule has 31 heavy (non-hydrogen) atoms. The van der Waals surface area contributed by atoms with Crippen LogP contribution in [0.4, 0.5) is 11.6 Å². The Labute approximate surface area is 184 Å². The van der Waals surface area contributed by atoms with Gasteiger partial charge in [0.1, 0.15) is 9.77 Å². The molecule has 2 heterocycles. The summed E-state index contributed by atoms with van der Waals surface area (Å²) in [5.74, 6) is -0.528. The van der Waals surface area contributed by atoms with Crippen LogP contribution in [0.2, 0.25) is 0 Å². The summed E-state index contributed by atoms with van der Waals surface area (Å²) in [5, 5.41) is 17.2. The van der Waals surface area contributed by atoms with E-state index in [0.29, 0.717) is 16.9 Å². The largest absolute Gasteiger partial charge is 0.337 e. The molecule has 0 aliphatic heterocycles. The molecule has 8 nitrogen and oxygen atoms in total. The predicted molar refractivity (Wildman–Crippen MR) is 119 cm³/mol. The number of anilines is 2. The quantitative estimate of drug-likeness (QED) is 0.564. The summed E-state index contributed by atoms with van der Waals surface area (Å²) in [6.45, 7) is 9.00. The van der Waals surface area contributed by atoms with Crippen LogP contribution in [-0.4, -0.2) is 19.5 Å². The minimum atomic E-state index is -4.07. The number of sulfonamides is 1. The van der Waals surface area contributed by atoms with Gasteiger partial charge in [0, 0.05) is 11.3 Å². The van der Waals surface area contributed by atoms with Crippen molar-refractivity contribution >= 4 is 38.8 Å². The number of nitriles is 1. The summed E-state index contributed by atoms with van der Waals surface area (Å²) in [4.78, 5) is 12.9. The normalized spacial score (nSPS) is 11.2. The second kappa shape index (κ2) is 8.53. The average molecular weight is 459 g/mol. The van der Waals surface area contributed by atoms with Gasteiger partial charge in [-0.25, -0.2) is 13.1 Å². The molecule has 1 amide bonds. The fraction of sp³-hybridized carbons (Fsp3) is 0.286. The second-order valence-corrected chi connectivity index (χ2v) is 9.79. The summed E-state index contributed by atoms with van der Waals surface area (Å²) < 4.78 is 33.2. The molecule has 3 rings (SSSR count). The van der Waals surface area contributed by atoms with Crippen molar-refractivity contribution in [2.75, 3.05) is 10.0 Å². The van der Waals surface area contributed by atoms with Crippen molar-refractivity contribution < 1.29 is 17.7 Å². The number of amides is 1. The lowest BCUT2D eigenvalue weighted by molar-refractivity contribution is 0.102. The molecule has 3 aromatic rings. The van der Waals surface area contributed by atoms with Crippen LogP contribution < -0.4 is 10.0 Å². The first-order chi connectivity index (χ1) is 14.6. The molecule has 2 N–H and O–H groups in total. The molecule has 10 heteroatoms. The minimum absolute atomic E-state index is 0.0152. The molecule has 0 bridgehead atoms. The van der Waals surface area contributed by atoms with Gasteiger partial charge in [-0.15, -0.1) is 11.3 Å². The van der Waals surface area contributed by atoms with Gasteiger partial charge in [0.2, 0.25) is 5.88 Å². The van der Waals surface area contributed by atoms with Gasteiger partial charge in [0.05, 0.1) is 18.2 Å². The number of hydrogen-bond acceptors (Lipinski definition) is 7. The van der Waals surface area contributed by atoms with Gasteiger partial charge in [-0.3, -0.25) is 4.79 Å². The Hall–Kier alpha value is -3.16. The van der Waals surface area contributed by atoms with Crippen molar-refractivity contribution in [1.82, 2.24) is 5.16 Å². The predicted octanol–water partition coefficient (Wildman–Crippen LogP) is 4.40. The van der Waals surface area contributed by atoms with Crippen LogP contribution in [0.3, 0.4) is 0 Å². The molecule has 162 valence electrons. The van der Waals surface area contributed by atoms with Gasteiger partial charge in [-0.2, -0.15) is 5.26 Å². The summed E-state index contributed by atoms with van der Waals surface area (Å²) in [6, 6.07) is 5.41. The number of hydrogen-bond donors (Lipinski definition) is 2. The molecule has 0 radical (unpaired) electrons. The molecule has 0 saturated carbocycles. The van der Waals surface area contributed by atoms with Gasteiger partial charge in [-0.1, -0.05) is 11.2 Å². The molecular weight excluding hydrogens is 436 g/mol. The highest BCUT2D eigenvalue weighted by Gasteiger charge is 2.27. The van der Waals surface area contributed by atoms with E-state index >= 15 is 0 Å². The molecule has 2 aromatic heterocycles. The Bertz CT molecular complexity index is 1310. The van der Waals surface area contributed by atoms with E-state index in [-0.39, 0.29) is 22.1 Å². The standard InChI is InChI=1S/C21H22N4O4S2/c1-11-10-12(2)18(14(4)16(11)6-8-22)23-20(26)19-17(7-9-30-19)31(27,28)25-21-13(3)15(5)24-29-21/h7,9-10,25H,6H2,1-5H3,(H,23,26). The number of carbonyl (C=O) groups excluding carboxylic acids is 1. The van der Waals surface area contributed by atoms with Gasteiger partial charge >= 0.3 is 0 Å². The van der Waals surface area contributed by atoms with E-state index in [2.05, 4.69) is 21.3 Å². The molecule has 0 aliphatic carbocycles. The molecular formula is C21H22N4O4S2. The minimum Gasteiger partial charge on any atom is -0.337 e. The number of benzene rings is 1. The molecule has 0 saturated heterocycles. The van der Waals surface area contributed by atoms with E-state index in [1.54, 1.807) is 13.8 Å². The maximum Gasteiger partial charge on any atom is 0.267 e. The third kappa shape index (κ3) is 4.33. The van der Waals surface area contributed by atoms with Crippen LogP contribution in [-0.2, 0) is 16.4 Å². The van der Waals surface area contributed by atoms with Crippen molar-refractivity contribution in [2.24, 2.45) is 0 Å². The first-order valence-electron chi connectivity index (χ1n) is 9.38. The Kier molecular flexibility index (Phi) is 6.20. The first-order valence-corrected chi connectivity index (χ1v) is 11.7. The number of carbonyl (C=O) groups is 1. The van der Waals surface area contributed by atoms with Crippen LogP contribution in [0, 0.1) is 45.9 Å². The Balaban J connectivity index is 1.94. The molecule has 0 spiro atoms. The summed E-state index contributed by atoms with van der Waals surface area (Å²) in [6.07, 6.45) is 0.222. The zero-order valence-corrected chi connectivity index (χ0v) is 19.4. The van der Waals surface area contributed by atoms with E-state index in [9.17, 15) is 13.2 Å². The smallest absolute Gasteiger partial charge is 0.267 e. The highest BCUT2D eigenvalue weighted by molar-refractivity contribution is 7.93. The number of rotatable bonds is 6. The second-order valence-electron chi connectivity index (χ2n) is 7.22. The van der Waals surface area contributed by atoms with Gasteiger partial charge in [0.15, 0.2) is 0 Å². The zero-order chi connectivity index (χ0) is 22.9. The van der Waals surface area contributed by atoms with Gasteiger partial charge < -0.3 is 9.84 Å². The molecule has 0 fully saturated rings. The van der Waals surface area contributed by atoms with E-state index in [1.165, 1.54) is 11.4 Å². The maximum absolute atomic E-state index is 13.0. The Morgan fingerprint density at radius 2 is 1.90 bits per heavy atom. The van der Waals surface area contributed by atoms with Crippen LogP contribution in [0.25, 0.3) is 0 Å². The number of aromatic nitrogens is 1. The van der Waals surface area contributed by atoms with Crippen molar-refractivity contribution in [3.8, 4) is 6.07 Å². The topological polar surface area (TPSA) is 125 Å². The SMILES string of the molecule is Cc1cc(C)c(NC(=O)c2sccc2S(=O)(=O)Nc2onc(C)c2C)c(C)c1CC#N. The summed E-state index contributed by atoms with van der Waals surface area (Å²) in [7, 11) is -4.07. The Morgan fingerprint density at radius 3 is 2.52 bits per heavy atom. The molecule has 0 aliphatic rings. The highest BCUT2D eigenvalue weighted by atomic mass is 32.2. The molecule has 0 unspecified atom stereocenters. The van der Waals surface area contributed by atoms with Crippen molar-refractivity contribution in [3.63, 3.8) is 0 Å². The lowest BCUT2D eigenvalue weighted by atomic mass is 9.95. The van der Waals surface area contributed by atoms with Crippen LogP contribution in [0.1, 0.15) is 43.2 Å². The summed E-state index contributed by atoms with van der Waals surface area (Å²) >= 11 is 1.02. The van der Waals surface area contributed by atoms with Gasteiger partial charge in [0.25, 0.3) is 15.9 Å². The lowest BCUT2D eigenvalue weighted by Crippen LogP contribution is -2.19. The number of thiophene rings is 1. The van der Waals surface area contributed by atoms with Crippen molar-refractivity contribution in [1.29, 1.82) is 5.26 Å². The van der Waals surface area contributed by atoms with Crippen LogP contribution in [0.15, 0.2) is 26.9 Å².